The molecule has 0 saturated heterocycles. The molecule has 1 aromatic rings. The SMILES string of the molecule is C[C@H](c1ccccc1)[C@H](C(=O)O)[C@@H](C)C(=O)O. The fraction of sp³-hybridized carbons (Fsp3) is 0.385. The summed E-state index contributed by atoms with van der Waals surface area (Å²) < 4.78 is 0. The van der Waals surface area contributed by atoms with E-state index in [0.717, 1.165) is 5.56 Å². The van der Waals surface area contributed by atoms with Gasteiger partial charge in [-0.3, -0.25) is 9.59 Å². The maximum atomic E-state index is 11.2. The lowest BCUT2D eigenvalue weighted by molar-refractivity contribution is -0.153. The molecule has 0 saturated carbocycles. The largest absolute Gasteiger partial charge is 0.481 e. The van der Waals surface area contributed by atoms with Crippen LogP contribution in [0.4, 0.5) is 0 Å². The molecule has 4 nitrogen and oxygen atoms in total. The second kappa shape index (κ2) is 5.48. The molecular weight excluding hydrogens is 220 g/mol. The molecular formula is C13H16O4. The molecule has 0 unspecified atom stereocenters. The number of hydrogen-bond donors (Lipinski definition) is 2. The van der Waals surface area contributed by atoms with Gasteiger partial charge >= 0.3 is 11.9 Å². The number of hydrogen-bond acceptors (Lipinski definition) is 2. The molecule has 0 bridgehead atoms. The van der Waals surface area contributed by atoms with Crippen LogP contribution in [-0.2, 0) is 9.59 Å². The summed E-state index contributed by atoms with van der Waals surface area (Å²) in [6.45, 7) is 3.17. The van der Waals surface area contributed by atoms with Gasteiger partial charge < -0.3 is 10.2 Å². The third-order valence-electron chi connectivity index (χ3n) is 3.08. The van der Waals surface area contributed by atoms with Crippen molar-refractivity contribution < 1.29 is 19.8 Å². The van der Waals surface area contributed by atoms with Crippen molar-refractivity contribution in [3.05, 3.63) is 35.9 Å². The van der Waals surface area contributed by atoms with Crippen LogP contribution in [0.3, 0.4) is 0 Å². The van der Waals surface area contributed by atoms with Gasteiger partial charge in [0.05, 0.1) is 11.8 Å². The van der Waals surface area contributed by atoms with Crippen molar-refractivity contribution in [1.82, 2.24) is 0 Å². The Hall–Kier alpha value is -1.84. The molecule has 1 rings (SSSR count). The standard InChI is InChI=1S/C13H16O4/c1-8(10-6-4-3-5-7-10)11(13(16)17)9(2)12(14)15/h3-9,11H,1-2H3,(H,14,15)(H,16,17)/t8-,9-,11+/m1/s1. The third kappa shape index (κ3) is 3.06. The summed E-state index contributed by atoms with van der Waals surface area (Å²) >= 11 is 0. The van der Waals surface area contributed by atoms with Crippen LogP contribution < -0.4 is 0 Å². The summed E-state index contributed by atoms with van der Waals surface area (Å²) in [6, 6.07) is 9.10. The predicted molar refractivity (Wildman–Crippen MR) is 62.8 cm³/mol. The van der Waals surface area contributed by atoms with Crippen LogP contribution in [0.1, 0.15) is 25.3 Å². The van der Waals surface area contributed by atoms with E-state index in [1.54, 1.807) is 6.92 Å². The second-order valence-electron chi connectivity index (χ2n) is 4.19. The highest BCUT2D eigenvalue weighted by Crippen LogP contribution is 2.30. The van der Waals surface area contributed by atoms with Crippen LogP contribution in [0.5, 0.6) is 0 Å². The zero-order valence-electron chi connectivity index (χ0n) is 9.83. The van der Waals surface area contributed by atoms with Gasteiger partial charge in [-0.25, -0.2) is 0 Å². The highest BCUT2D eigenvalue weighted by atomic mass is 16.4. The number of carbonyl (C=O) groups is 2. The van der Waals surface area contributed by atoms with Crippen molar-refractivity contribution in [3.8, 4) is 0 Å². The molecule has 0 aromatic heterocycles. The minimum absolute atomic E-state index is 0.334. The summed E-state index contributed by atoms with van der Waals surface area (Å²) in [5.41, 5.74) is 0.841. The molecule has 0 aliphatic carbocycles. The zero-order valence-corrected chi connectivity index (χ0v) is 9.83. The van der Waals surface area contributed by atoms with Crippen molar-refractivity contribution >= 4 is 11.9 Å². The van der Waals surface area contributed by atoms with Gasteiger partial charge in [0, 0.05) is 0 Å². The van der Waals surface area contributed by atoms with E-state index in [9.17, 15) is 9.59 Å². The molecule has 4 heteroatoms. The maximum absolute atomic E-state index is 11.2. The highest BCUT2D eigenvalue weighted by Gasteiger charge is 2.35. The van der Waals surface area contributed by atoms with Crippen LogP contribution in [0.25, 0.3) is 0 Å². The van der Waals surface area contributed by atoms with Crippen LogP contribution in [0.2, 0.25) is 0 Å². The Balaban J connectivity index is 3.00. The molecule has 0 amide bonds. The van der Waals surface area contributed by atoms with E-state index >= 15 is 0 Å². The van der Waals surface area contributed by atoms with Crippen LogP contribution in [0.15, 0.2) is 30.3 Å². The van der Waals surface area contributed by atoms with Gasteiger partial charge in [0.15, 0.2) is 0 Å². The van der Waals surface area contributed by atoms with Crippen molar-refractivity contribution in [3.63, 3.8) is 0 Å². The van der Waals surface area contributed by atoms with Crippen molar-refractivity contribution in [2.24, 2.45) is 11.8 Å². The number of benzene rings is 1. The lowest BCUT2D eigenvalue weighted by atomic mass is 9.80. The smallest absolute Gasteiger partial charge is 0.307 e. The van der Waals surface area contributed by atoms with Crippen LogP contribution in [-0.4, -0.2) is 22.2 Å². The number of rotatable bonds is 5. The van der Waals surface area contributed by atoms with E-state index in [-0.39, 0.29) is 5.92 Å². The Kier molecular flexibility index (Phi) is 4.26. The van der Waals surface area contributed by atoms with E-state index in [1.807, 2.05) is 30.3 Å². The Bertz CT molecular complexity index is 399. The van der Waals surface area contributed by atoms with Crippen molar-refractivity contribution in [2.45, 2.75) is 19.8 Å². The minimum Gasteiger partial charge on any atom is -0.481 e. The Morgan fingerprint density at radius 2 is 1.53 bits per heavy atom. The summed E-state index contributed by atoms with van der Waals surface area (Å²) in [4.78, 5) is 22.1. The van der Waals surface area contributed by atoms with Crippen molar-refractivity contribution in [2.75, 3.05) is 0 Å². The molecule has 2 N–H and O–H groups in total. The van der Waals surface area contributed by atoms with Gasteiger partial charge in [0.1, 0.15) is 0 Å². The number of aliphatic carboxylic acids is 2. The van der Waals surface area contributed by atoms with Crippen molar-refractivity contribution in [1.29, 1.82) is 0 Å². The van der Waals surface area contributed by atoms with E-state index in [2.05, 4.69) is 0 Å². The fourth-order valence-corrected chi connectivity index (χ4v) is 1.98. The topological polar surface area (TPSA) is 74.6 Å². The lowest BCUT2D eigenvalue weighted by Gasteiger charge is -2.23. The maximum Gasteiger partial charge on any atom is 0.307 e. The minimum atomic E-state index is -1.08. The van der Waals surface area contributed by atoms with Gasteiger partial charge in [-0.15, -0.1) is 0 Å². The Morgan fingerprint density at radius 1 is 1.00 bits per heavy atom. The normalized spacial score (nSPS) is 15.9. The fourth-order valence-electron chi connectivity index (χ4n) is 1.98. The number of carboxylic acids is 2. The first-order valence-electron chi connectivity index (χ1n) is 5.45. The molecule has 17 heavy (non-hydrogen) atoms. The van der Waals surface area contributed by atoms with E-state index < -0.39 is 23.8 Å². The summed E-state index contributed by atoms with van der Waals surface area (Å²) in [6.07, 6.45) is 0. The average Bonchev–Trinajstić information content (AvgIpc) is 2.29. The summed E-state index contributed by atoms with van der Waals surface area (Å²) in [7, 11) is 0. The summed E-state index contributed by atoms with van der Waals surface area (Å²) in [5, 5.41) is 18.1. The van der Waals surface area contributed by atoms with Gasteiger partial charge in [0.2, 0.25) is 0 Å². The molecule has 0 aliphatic heterocycles. The zero-order chi connectivity index (χ0) is 13.0. The first-order chi connectivity index (χ1) is 7.95. The van der Waals surface area contributed by atoms with Gasteiger partial charge in [-0.05, 0) is 11.5 Å². The first-order valence-corrected chi connectivity index (χ1v) is 5.45. The summed E-state index contributed by atoms with van der Waals surface area (Å²) in [5.74, 6) is -4.33. The Labute approximate surface area is 99.9 Å². The van der Waals surface area contributed by atoms with Gasteiger partial charge in [-0.2, -0.15) is 0 Å². The first kappa shape index (κ1) is 13.2. The molecule has 92 valence electrons. The number of carboxylic acid groups (broad SMARTS) is 2. The van der Waals surface area contributed by atoms with Gasteiger partial charge in [-0.1, -0.05) is 44.2 Å². The predicted octanol–water partition coefficient (Wildman–Crippen LogP) is 2.21. The molecule has 0 heterocycles. The van der Waals surface area contributed by atoms with E-state index in [1.165, 1.54) is 6.92 Å². The molecule has 0 aliphatic rings. The molecule has 0 radical (unpaired) electrons. The molecule has 3 atom stereocenters. The van der Waals surface area contributed by atoms with E-state index in [4.69, 9.17) is 10.2 Å². The second-order valence-corrected chi connectivity index (χ2v) is 4.19. The molecule has 0 fully saturated rings. The van der Waals surface area contributed by atoms with Crippen LogP contribution >= 0.6 is 0 Å². The van der Waals surface area contributed by atoms with Gasteiger partial charge in [0.25, 0.3) is 0 Å². The lowest BCUT2D eigenvalue weighted by Crippen LogP contribution is -2.31. The Morgan fingerprint density at radius 3 is 1.94 bits per heavy atom. The molecule has 1 aromatic carbocycles. The van der Waals surface area contributed by atoms with E-state index in [0.29, 0.717) is 0 Å². The molecule has 0 spiro atoms. The average molecular weight is 236 g/mol. The highest BCUT2D eigenvalue weighted by molar-refractivity contribution is 5.80. The monoisotopic (exact) mass is 236 g/mol. The van der Waals surface area contributed by atoms with Crippen LogP contribution in [0, 0.1) is 11.8 Å². The third-order valence-corrected chi connectivity index (χ3v) is 3.08. The quantitative estimate of drug-likeness (QED) is 0.822.